The minimum atomic E-state index is -1.51. The van der Waals surface area contributed by atoms with Crippen molar-refractivity contribution < 1.29 is 14.3 Å². The van der Waals surface area contributed by atoms with Gasteiger partial charge in [-0.1, -0.05) is 13.5 Å². The van der Waals surface area contributed by atoms with E-state index in [9.17, 15) is 9.59 Å². The molecule has 0 radical (unpaired) electrons. The van der Waals surface area contributed by atoms with Crippen LogP contribution in [-0.4, -0.2) is 23.1 Å². The van der Waals surface area contributed by atoms with E-state index in [1.807, 2.05) is 0 Å². The van der Waals surface area contributed by atoms with E-state index in [0.717, 1.165) is 0 Å². The van der Waals surface area contributed by atoms with Crippen LogP contribution in [0.4, 0.5) is 0 Å². The number of carbonyl (C=O) groups excluding carboxylic acids is 2. The van der Waals surface area contributed by atoms with Crippen LogP contribution in [0.15, 0.2) is 12.2 Å². The van der Waals surface area contributed by atoms with Gasteiger partial charge in [0.1, 0.15) is 5.60 Å². The lowest BCUT2D eigenvalue weighted by molar-refractivity contribution is -0.164. The molecule has 98 valence electrons. The summed E-state index contributed by atoms with van der Waals surface area (Å²) in [5.41, 5.74) is 3.97. The maximum absolute atomic E-state index is 11.9. The van der Waals surface area contributed by atoms with Gasteiger partial charge in [-0.3, -0.25) is 10.5 Å². The normalized spacial score (nSPS) is 14.7. The summed E-state index contributed by atoms with van der Waals surface area (Å²) in [6.45, 7) is 11.9. The molecular weight excluding hydrogens is 220 g/mol. The second-order valence-electron chi connectivity index (χ2n) is 5.06. The van der Waals surface area contributed by atoms with E-state index in [-0.39, 0.29) is 12.0 Å². The van der Waals surface area contributed by atoms with Gasteiger partial charge in [-0.15, -0.1) is 0 Å². The molecule has 0 aliphatic carbocycles. The van der Waals surface area contributed by atoms with Crippen LogP contribution in [0.3, 0.4) is 0 Å². The number of amides is 1. The monoisotopic (exact) mass is 242 g/mol. The van der Waals surface area contributed by atoms with Gasteiger partial charge in [0, 0.05) is 5.57 Å². The number of nitrogens with one attached hydrogen (secondary N) is 1. The Hall–Kier alpha value is -1.36. The summed E-state index contributed by atoms with van der Waals surface area (Å²) >= 11 is 0. The van der Waals surface area contributed by atoms with Crippen molar-refractivity contribution in [3.63, 3.8) is 0 Å². The highest BCUT2D eigenvalue weighted by molar-refractivity contribution is 5.96. The lowest BCUT2D eigenvalue weighted by atomic mass is 10.1. The molecule has 0 aliphatic rings. The van der Waals surface area contributed by atoms with E-state index in [4.69, 9.17) is 10.5 Å². The molecule has 0 fully saturated rings. The van der Waals surface area contributed by atoms with E-state index >= 15 is 0 Å². The molecule has 1 amide bonds. The largest absolute Gasteiger partial charge is 0.457 e. The van der Waals surface area contributed by atoms with Crippen molar-refractivity contribution in [3.05, 3.63) is 12.2 Å². The number of rotatable bonds is 4. The van der Waals surface area contributed by atoms with Crippen LogP contribution in [0, 0.1) is 0 Å². The van der Waals surface area contributed by atoms with E-state index in [1.165, 1.54) is 0 Å². The van der Waals surface area contributed by atoms with Crippen LogP contribution in [0.1, 0.15) is 41.0 Å². The number of nitrogens with two attached hydrogens (primary N) is 1. The predicted molar refractivity (Wildman–Crippen MR) is 66.0 cm³/mol. The molecule has 0 saturated heterocycles. The number of hydrogen-bond donors (Lipinski definition) is 2. The van der Waals surface area contributed by atoms with Crippen molar-refractivity contribution in [1.29, 1.82) is 0 Å². The molecule has 0 aromatic heterocycles. The fourth-order valence-electron chi connectivity index (χ4n) is 0.962. The molecule has 0 aromatic carbocycles. The first-order valence-electron chi connectivity index (χ1n) is 5.52. The molecule has 0 spiro atoms. The van der Waals surface area contributed by atoms with Crippen LogP contribution in [0.5, 0.6) is 0 Å². The van der Waals surface area contributed by atoms with E-state index < -0.39 is 23.1 Å². The van der Waals surface area contributed by atoms with Crippen molar-refractivity contribution in [1.82, 2.24) is 5.32 Å². The fourth-order valence-corrected chi connectivity index (χ4v) is 0.962. The smallest absolute Gasteiger partial charge is 0.347 e. The molecule has 5 heteroatoms. The predicted octanol–water partition coefficient (Wildman–Crippen LogP) is 1.09. The highest BCUT2D eigenvalue weighted by atomic mass is 16.6. The number of hydrogen-bond acceptors (Lipinski definition) is 4. The van der Waals surface area contributed by atoms with Crippen LogP contribution >= 0.6 is 0 Å². The summed E-state index contributed by atoms with van der Waals surface area (Å²) in [7, 11) is 0. The maximum atomic E-state index is 11.9. The molecule has 0 bridgehead atoms. The quantitative estimate of drug-likeness (QED) is 0.439. The number of esters is 1. The summed E-state index contributed by atoms with van der Waals surface area (Å²) in [6, 6.07) is 0. The second-order valence-corrected chi connectivity index (χ2v) is 5.06. The Labute approximate surface area is 102 Å². The Morgan fingerprint density at radius 1 is 1.35 bits per heavy atom. The molecule has 1 atom stereocenters. The molecular formula is C12H22N2O3. The summed E-state index contributed by atoms with van der Waals surface area (Å²) in [5.74, 6) is -1.11. The zero-order valence-electron chi connectivity index (χ0n) is 11.2. The Bertz CT molecular complexity index is 331. The number of ether oxygens (including phenoxy) is 1. The third kappa shape index (κ3) is 4.99. The summed E-state index contributed by atoms with van der Waals surface area (Å²) in [5, 5.41) is 2.43. The van der Waals surface area contributed by atoms with Gasteiger partial charge in [0.2, 0.25) is 5.91 Å². The lowest BCUT2D eigenvalue weighted by Crippen LogP contribution is -2.62. The first-order valence-corrected chi connectivity index (χ1v) is 5.52. The van der Waals surface area contributed by atoms with Crippen molar-refractivity contribution in [2.75, 3.05) is 0 Å². The van der Waals surface area contributed by atoms with Gasteiger partial charge in [0.15, 0.2) is 5.66 Å². The first kappa shape index (κ1) is 15.6. The molecule has 0 heterocycles. The Morgan fingerprint density at radius 2 is 1.82 bits per heavy atom. The SMILES string of the molecule is C=C(C)C(=O)NC(N)(CC)C(=O)OC(C)(C)C. The first-order chi connectivity index (χ1) is 7.52. The van der Waals surface area contributed by atoms with E-state index in [0.29, 0.717) is 0 Å². The van der Waals surface area contributed by atoms with Crippen LogP contribution in [-0.2, 0) is 14.3 Å². The molecule has 1 unspecified atom stereocenters. The zero-order chi connectivity index (χ0) is 13.9. The minimum Gasteiger partial charge on any atom is -0.457 e. The Morgan fingerprint density at radius 3 is 2.12 bits per heavy atom. The van der Waals surface area contributed by atoms with Gasteiger partial charge in [0.25, 0.3) is 0 Å². The molecule has 5 nitrogen and oxygen atoms in total. The minimum absolute atomic E-state index is 0.237. The van der Waals surface area contributed by atoms with Crippen molar-refractivity contribution in [3.8, 4) is 0 Å². The number of carbonyl (C=O) groups is 2. The van der Waals surface area contributed by atoms with Gasteiger partial charge >= 0.3 is 5.97 Å². The molecule has 3 N–H and O–H groups in total. The summed E-state index contributed by atoms with van der Waals surface area (Å²) in [6.07, 6.45) is 0.237. The van der Waals surface area contributed by atoms with Gasteiger partial charge in [0.05, 0.1) is 0 Å². The van der Waals surface area contributed by atoms with Gasteiger partial charge in [-0.25, -0.2) is 4.79 Å². The molecule has 0 rings (SSSR count). The van der Waals surface area contributed by atoms with Crippen molar-refractivity contribution in [2.24, 2.45) is 5.73 Å². The highest BCUT2D eigenvalue weighted by Gasteiger charge is 2.37. The third-order valence-corrected chi connectivity index (χ3v) is 2.05. The van der Waals surface area contributed by atoms with Gasteiger partial charge in [-0.2, -0.15) is 0 Å². The molecule has 0 aliphatic heterocycles. The van der Waals surface area contributed by atoms with Crippen molar-refractivity contribution in [2.45, 2.75) is 52.3 Å². The Balaban J connectivity index is 4.84. The van der Waals surface area contributed by atoms with Crippen LogP contribution < -0.4 is 11.1 Å². The molecule has 0 aromatic rings. The van der Waals surface area contributed by atoms with Gasteiger partial charge in [-0.05, 0) is 34.1 Å². The van der Waals surface area contributed by atoms with E-state index in [2.05, 4.69) is 11.9 Å². The summed E-state index contributed by atoms with van der Waals surface area (Å²) in [4.78, 5) is 23.4. The molecule has 17 heavy (non-hydrogen) atoms. The summed E-state index contributed by atoms with van der Waals surface area (Å²) < 4.78 is 5.17. The average Bonchev–Trinajstić information content (AvgIpc) is 2.14. The Kier molecular flexibility index (Phi) is 4.89. The third-order valence-electron chi connectivity index (χ3n) is 2.05. The standard InChI is InChI=1S/C12H22N2O3/c1-7-12(13,14-9(15)8(2)3)10(16)17-11(4,5)6/h2,7,13H2,1,3-6H3,(H,14,15). The molecule has 0 saturated carbocycles. The average molecular weight is 242 g/mol. The zero-order valence-corrected chi connectivity index (χ0v) is 11.2. The van der Waals surface area contributed by atoms with Crippen LogP contribution in [0.2, 0.25) is 0 Å². The van der Waals surface area contributed by atoms with Crippen molar-refractivity contribution >= 4 is 11.9 Å². The second kappa shape index (κ2) is 5.31. The highest BCUT2D eigenvalue weighted by Crippen LogP contribution is 2.14. The topological polar surface area (TPSA) is 81.4 Å². The van der Waals surface area contributed by atoms with E-state index in [1.54, 1.807) is 34.6 Å². The fraction of sp³-hybridized carbons (Fsp3) is 0.667. The maximum Gasteiger partial charge on any atom is 0.347 e. The van der Waals surface area contributed by atoms with Gasteiger partial charge < -0.3 is 10.1 Å². The van der Waals surface area contributed by atoms with Crippen LogP contribution in [0.25, 0.3) is 0 Å². The lowest BCUT2D eigenvalue weighted by Gasteiger charge is -2.31.